The molecule has 0 nitrogen and oxygen atoms in total. The minimum Gasteiger partial charge on any atom is -0.232 e. The Hall–Kier alpha value is -2.04. The first-order valence-corrected chi connectivity index (χ1v) is 6.31. The van der Waals surface area contributed by atoms with Gasteiger partial charge in [-0.15, -0.1) is 23.8 Å². The van der Waals surface area contributed by atoms with E-state index in [0.717, 1.165) is 0 Å². The SMILES string of the molecule is C(=Cc1ccccc1)=C[c-]1cccc1.[Fe+2].c1cc[cH-]c1. The van der Waals surface area contributed by atoms with Crippen molar-refractivity contribution in [3.05, 3.63) is 102 Å². The van der Waals surface area contributed by atoms with Crippen LogP contribution in [-0.4, -0.2) is 0 Å². The van der Waals surface area contributed by atoms with Crippen LogP contribution in [0.1, 0.15) is 11.1 Å². The van der Waals surface area contributed by atoms with Gasteiger partial charge in [-0.1, -0.05) is 36.4 Å². The van der Waals surface area contributed by atoms with Crippen LogP contribution in [0.5, 0.6) is 0 Å². The molecule has 0 saturated carbocycles. The molecule has 0 aliphatic heterocycles. The van der Waals surface area contributed by atoms with Gasteiger partial charge in [0.15, 0.2) is 0 Å². The molecule has 3 rings (SSSR count). The van der Waals surface area contributed by atoms with Gasteiger partial charge in [-0.3, -0.25) is 0 Å². The number of rotatable bonds is 2. The molecule has 0 N–H and O–H groups in total. The summed E-state index contributed by atoms with van der Waals surface area (Å²) in [6.07, 6.45) is 3.96. The summed E-state index contributed by atoms with van der Waals surface area (Å²) >= 11 is 0. The molecule has 0 unspecified atom stereocenters. The molecule has 3 aromatic carbocycles. The van der Waals surface area contributed by atoms with Gasteiger partial charge in [0.2, 0.25) is 0 Å². The van der Waals surface area contributed by atoms with E-state index in [1.54, 1.807) is 0 Å². The molecule has 0 saturated heterocycles. The topological polar surface area (TPSA) is 0 Å². The Bertz CT molecular complexity index is 578. The number of hydrogen-bond acceptors (Lipinski definition) is 0. The predicted octanol–water partition coefficient (Wildman–Crippen LogP) is 5.13. The van der Waals surface area contributed by atoms with Crippen molar-refractivity contribution < 1.29 is 17.1 Å². The quantitative estimate of drug-likeness (QED) is 0.349. The molecular formula is C19H16Fe. The van der Waals surface area contributed by atoms with Crippen LogP contribution in [0.4, 0.5) is 0 Å². The third kappa shape index (κ3) is 6.22. The van der Waals surface area contributed by atoms with Gasteiger partial charge < -0.3 is 0 Å². The van der Waals surface area contributed by atoms with E-state index in [0.29, 0.717) is 0 Å². The fourth-order valence-corrected chi connectivity index (χ4v) is 1.59. The van der Waals surface area contributed by atoms with E-state index in [4.69, 9.17) is 0 Å². The van der Waals surface area contributed by atoms with Crippen molar-refractivity contribution in [1.29, 1.82) is 0 Å². The van der Waals surface area contributed by atoms with Gasteiger partial charge in [-0.05, 0) is 5.56 Å². The van der Waals surface area contributed by atoms with Crippen LogP contribution >= 0.6 is 0 Å². The normalized spacial score (nSPS) is 8.40. The minimum absolute atomic E-state index is 0. The zero-order valence-corrected chi connectivity index (χ0v) is 12.2. The van der Waals surface area contributed by atoms with Gasteiger partial charge in [0, 0.05) is 0 Å². The Labute approximate surface area is 131 Å². The van der Waals surface area contributed by atoms with Crippen molar-refractivity contribution in [2.24, 2.45) is 0 Å². The minimum atomic E-state index is 0. The van der Waals surface area contributed by atoms with Crippen molar-refractivity contribution in [3.63, 3.8) is 0 Å². The molecular weight excluding hydrogens is 284 g/mol. The van der Waals surface area contributed by atoms with E-state index in [1.807, 2.05) is 72.8 Å². The second-order valence-corrected chi connectivity index (χ2v) is 4.05. The van der Waals surface area contributed by atoms with Crippen LogP contribution < -0.4 is 0 Å². The second kappa shape index (κ2) is 9.83. The largest absolute Gasteiger partial charge is 2.00 e. The summed E-state index contributed by atoms with van der Waals surface area (Å²) in [7, 11) is 0. The summed E-state index contributed by atoms with van der Waals surface area (Å²) in [5.41, 5.74) is 5.52. The molecule has 0 heterocycles. The zero-order chi connectivity index (χ0) is 13.2. The van der Waals surface area contributed by atoms with E-state index in [-0.39, 0.29) is 17.1 Å². The Morgan fingerprint density at radius 2 is 1.50 bits per heavy atom. The average molecular weight is 300 g/mol. The molecule has 0 radical (unpaired) electrons. The Balaban J connectivity index is 0.000000283. The van der Waals surface area contributed by atoms with Crippen molar-refractivity contribution in [2.45, 2.75) is 0 Å². The summed E-state index contributed by atoms with van der Waals surface area (Å²) in [5, 5.41) is 0. The van der Waals surface area contributed by atoms with E-state index < -0.39 is 0 Å². The monoisotopic (exact) mass is 300 g/mol. The third-order valence-corrected chi connectivity index (χ3v) is 2.54. The van der Waals surface area contributed by atoms with Crippen LogP contribution in [0.15, 0.2) is 90.7 Å². The number of benzene rings is 1. The summed E-state index contributed by atoms with van der Waals surface area (Å²) < 4.78 is 0. The first-order valence-electron chi connectivity index (χ1n) is 6.31. The molecule has 0 amide bonds. The maximum absolute atomic E-state index is 3.15. The molecule has 0 bridgehead atoms. The van der Waals surface area contributed by atoms with E-state index in [2.05, 4.69) is 30.0 Å². The second-order valence-electron chi connectivity index (χ2n) is 4.05. The summed E-state index contributed by atoms with van der Waals surface area (Å²) in [6.45, 7) is 0. The van der Waals surface area contributed by atoms with Gasteiger partial charge in [0.1, 0.15) is 0 Å². The van der Waals surface area contributed by atoms with Crippen molar-refractivity contribution in [3.8, 4) is 0 Å². The van der Waals surface area contributed by atoms with E-state index >= 15 is 0 Å². The summed E-state index contributed by atoms with van der Waals surface area (Å²) in [5.74, 6) is 0. The molecule has 3 aromatic rings. The fourth-order valence-electron chi connectivity index (χ4n) is 1.59. The smallest absolute Gasteiger partial charge is 0.232 e. The Morgan fingerprint density at radius 3 is 2.05 bits per heavy atom. The van der Waals surface area contributed by atoms with Crippen molar-refractivity contribution in [2.75, 3.05) is 0 Å². The van der Waals surface area contributed by atoms with E-state index in [9.17, 15) is 0 Å². The van der Waals surface area contributed by atoms with Gasteiger partial charge in [0.25, 0.3) is 0 Å². The van der Waals surface area contributed by atoms with Gasteiger partial charge in [0.05, 0.1) is 0 Å². The van der Waals surface area contributed by atoms with Gasteiger partial charge >= 0.3 is 17.1 Å². The van der Waals surface area contributed by atoms with Gasteiger partial charge in [-0.25, -0.2) is 17.9 Å². The molecule has 20 heavy (non-hydrogen) atoms. The molecule has 0 aliphatic rings. The molecule has 100 valence electrons. The molecule has 0 atom stereocenters. The first kappa shape index (κ1) is 16.0. The van der Waals surface area contributed by atoms with Crippen LogP contribution in [0.3, 0.4) is 0 Å². The molecule has 1 heteroatoms. The number of hydrogen-bond donors (Lipinski definition) is 0. The average Bonchev–Trinajstić information content (AvgIpc) is 3.16. The van der Waals surface area contributed by atoms with Crippen LogP contribution in [0, 0.1) is 0 Å². The molecule has 0 fully saturated rings. The maximum Gasteiger partial charge on any atom is 2.00 e. The first-order chi connectivity index (χ1) is 9.45. The molecule has 0 spiro atoms. The predicted molar refractivity (Wildman–Crippen MR) is 83.0 cm³/mol. The third-order valence-electron chi connectivity index (χ3n) is 2.54. The van der Waals surface area contributed by atoms with Crippen LogP contribution in [0.25, 0.3) is 12.2 Å². The van der Waals surface area contributed by atoms with Gasteiger partial charge in [-0.2, -0.15) is 30.3 Å². The summed E-state index contributed by atoms with van der Waals surface area (Å²) in [4.78, 5) is 0. The molecule has 0 aromatic heterocycles. The Morgan fingerprint density at radius 1 is 0.850 bits per heavy atom. The van der Waals surface area contributed by atoms with Crippen LogP contribution in [0.2, 0.25) is 0 Å². The Kier molecular flexibility index (Phi) is 7.87. The van der Waals surface area contributed by atoms with Crippen molar-refractivity contribution >= 4 is 12.2 Å². The fraction of sp³-hybridized carbons (Fsp3) is 0. The van der Waals surface area contributed by atoms with Crippen molar-refractivity contribution in [1.82, 2.24) is 0 Å². The maximum atomic E-state index is 3.15. The standard InChI is InChI=1S/C14H11.C5H5.Fe/c1-2-7-13(8-3-1)11-6-12-14-9-4-5-10-14;1-2-4-5-3-1;/h1-5,7-12H;1-5H;/q2*-1;+2. The van der Waals surface area contributed by atoms with Crippen LogP contribution in [-0.2, 0) is 17.1 Å². The van der Waals surface area contributed by atoms with E-state index in [1.165, 1.54) is 11.1 Å². The summed E-state index contributed by atoms with van der Waals surface area (Å²) in [6, 6.07) is 28.4. The molecule has 0 aliphatic carbocycles. The zero-order valence-electron chi connectivity index (χ0n) is 11.1.